The monoisotopic (exact) mass is 189 g/mol. The number of nitriles is 1. The van der Waals surface area contributed by atoms with Gasteiger partial charge < -0.3 is 5.32 Å². The highest BCUT2D eigenvalue weighted by atomic mass is 16.6. The molecule has 70 valence electrons. The molecule has 1 rings (SSSR count). The fraction of sp³-hybridized carbons (Fsp3) is 0. The second-order valence-electron chi connectivity index (χ2n) is 2.44. The highest BCUT2D eigenvalue weighted by Gasteiger charge is 1.92. The van der Waals surface area contributed by atoms with E-state index >= 15 is 0 Å². The highest BCUT2D eigenvalue weighted by molar-refractivity contribution is 5.50. The number of nitro groups is 1. The molecule has 0 aromatic heterocycles. The van der Waals surface area contributed by atoms with Crippen molar-refractivity contribution in [2.45, 2.75) is 0 Å². The van der Waals surface area contributed by atoms with Crippen molar-refractivity contribution >= 4 is 5.69 Å². The van der Waals surface area contributed by atoms with Gasteiger partial charge in [-0.3, -0.25) is 10.1 Å². The number of hydrogen-bond acceptors (Lipinski definition) is 4. The van der Waals surface area contributed by atoms with Crippen LogP contribution >= 0.6 is 0 Å². The molecule has 0 aliphatic heterocycles. The average Bonchev–Trinajstić information content (AvgIpc) is 2.18. The first kappa shape index (κ1) is 9.74. The van der Waals surface area contributed by atoms with E-state index in [2.05, 4.69) is 5.32 Å². The summed E-state index contributed by atoms with van der Waals surface area (Å²) in [6, 6.07) is 8.63. The second kappa shape index (κ2) is 4.62. The molecule has 0 aliphatic carbocycles. The van der Waals surface area contributed by atoms with E-state index in [-0.39, 0.29) is 0 Å². The van der Waals surface area contributed by atoms with E-state index in [4.69, 9.17) is 5.26 Å². The van der Waals surface area contributed by atoms with E-state index in [1.165, 1.54) is 6.20 Å². The molecular weight excluding hydrogens is 182 g/mol. The van der Waals surface area contributed by atoms with Crippen LogP contribution in [0.1, 0.15) is 5.56 Å². The van der Waals surface area contributed by atoms with Gasteiger partial charge in [0, 0.05) is 5.69 Å². The van der Waals surface area contributed by atoms with Crippen LogP contribution in [0, 0.1) is 21.4 Å². The summed E-state index contributed by atoms with van der Waals surface area (Å²) < 4.78 is 0. The molecule has 1 N–H and O–H groups in total. The van der Waals surface area contributed by atoms with E-state index in [0.29, 0.717) is 11.3 Å². The fourth-order valence-electron chi connectivity index (χ4n) is 0.873. The lowest BCUT2D eigenvalue weighted by Gasteiger charge is -1.98. The van der Waals surface area contributed by atoms with Crippen LogP contribution in [0.5, 0.6) is 0 Å². The summed E-state index contributed by atoms with van der Waals surface area (Å²) in [5.74, 6) is 0. The fourth-order valence-corrected chi connectivity index (χ4v) is 0.873. The normalized spacial score (nSPS) is 9.64. The average molecular weight is 189 g/mol. The largest absolute Gasteiger partial charge is 0.356 e. The molecule has 0 saturated heterocycles. The zero-order chi connectivity index (χ0) is 10.4. The molecule has 5 heteroatoms. The molecule has 0 bridgehead atoms. The number of anilines is 1. The van der Waals surface area contributed by atoms with E-state index in [1.54, 1.807) is 24.3 Å². The minimum Gasteiger partial charge on any atom is -0.356 e. The molecule has 0 fully saturated rings. The molecule has 0 saturated carbocycles. The Hall–Kier alpha value is -2.35. The van der Waals surface area contributed by atoms with Gasteiger partial charge in [-0.1, -0.05) is 6.07 Å². The van der Waals surface area contributed by atoms with Crippen molar-refractivity contribution in [3.8, 4) is 6.07 Å². The van der Waals surface area contributed by atoms with Gasteiger partial charge in [0.25, 0.3) is 0 Å². The summed E-state index contributed by atoms with van der Waals surface area (Å²) in [4.78, 5) is 9.37. The third-order valence-corrected chi connectivity index (χ3v) is 1.44. The lowest BCUT2D eigenvalue weighted by molar-refractivity contribution is -0.402. The Labute approximate surface area is 80.4 Å². The Kier molecular flexibility index (Phi) is 3.21. The maximum absolute atomic E-state index is 9.94. The van der Waals surface area contributed by atoms with E-state index in [1.807, 2.05) is 6.07 Å². The van der Waals surface area contributed by atoms with Crippen molar-refractivity contribution in [3.63, 3.8) is 0 Å². The molecule has 14 heavy (non-hydrogen) atoms. The Bertz CT molecular complexity index is 407. The van der Waals surface area contributed by atoms with Gasteiger partial charge >= 0.3 is 0 Å². The number of nitrogens with zero attached hydrogens (tertiary/aromatic N) is 2. The lowest BCUT2D eigenvalue weighted by atomic mass is 10.2. The smallest absolute Gasteiger partial charge is 0.250 e. The molecule has 0 radical (unpaired) electrons. The summed E-state index contributed by atoms with van der Waals surface area (Å²) in [6.07, 6.45) is 2.00. The number of rotatable bonds is 3. The van der Waals surface area contributed by atoms with Gasteiger partial charge in [0.1, 0.15) is 0 Å². The minimum atomic E-state index is -0.568. The molecule has 0 atom stereocenters. The minimum absolute atomic E-state index is 0.504. The van der Waals surface area contributed by atoms with Crippen LogP contribution in [0.2, 0.25) is 0 Å². The molecular formula is C9H7N3O2. The molecule has 0 spiro atoms. The standard InChI is InChI=1S/C9H7N3O2/c10-7-8-2-1-3-9(6-8)11-4-5-12(13)14/h1-6,11H. The molecule has 0 aliphatic rings. The van der Waals surface area contributed by atoms with E-state index in [0.717, 1.165) is 6.20 Å². The Morgan fingerprint density at radius 3 is 3.00 bits per heavy atom. The van der Waals surface area contributed by atoms with Crippen molar-refractivity contribution in [2.24, 2.45) is 0 Å². The summed E-state index contributed by atoms with van der Waals surface area (Å²) in [5.41, 5.74) is 1.15. The Morgan fingerprint density at radius 2 is 2.36 bits per heavy atom. The van der Waals surface area contributed by atoms with Crippen molar-refractivity contribution in [1.82, 2.24) is 0 Å². The number of benzene rings is 1. The van der Waals surface area contributed by atoms with Gasteiger partial charge in [-0.15, -0.1) is 0 Å². The first-order valence-corrected chi connectivity index (χ1v) is 3.79. The molecule has 0 amide bonds. The second-order valence-corrected chi connectivity index (χ2v) is 2.44. The molecule has 0 heterocycles. The third kappa shape index (κ3) is 2.95. The Balaban J connectivity index is 2.69. The van der Waals surface area contributed by atoms with E-state index in [9.17, 15) is 10.1 Å². The maximum atomic E-state index is 9.94. The summed E-state index contributed by atoms with van der Waals surface area (Å²) in [6.45, 7) is 0. The summed E-state index contributed by atoms with van der Waals surface area (Å²) >= 11 is 0. The SMILES string of the molecule is N#Cc1cccc(NC=C[N+](=O)[O-])c1. The zero-order valence-electron chi connectivity index (χ0n) is 7.18. The quantitative estimate of drug-likeness (QED) is 0.579. The van der Waals surface area contributed by atoms with Crippen LogP contribution in [0.4, 0.5) is 5.69 Å². The predicted molar refractivity (Wildman–Crippen MR) is 50.9 cm³/mol. The molecule has 5 nitrogen and oxygen atoms in total. The third-order valence-electron chi connectivity index (χ3n) is 1.44. The summed E-state index contributed by atoms with van der Waals surface area (Å²) in [7, 11) is 0. The summed E-state index contributed by atoms with van der Waals surface area (Å²) in [5, 5.41) is 21.2. The zero-order valence-corrected chi connectivity index (χ0v) is 7.18. The van der Waals surface area contributed by atoms with Gasteiger partial charge in [0.05, 0.1) is 22.8 Å². The molecule has 0 unspecified atom stereocenters. The molecule has 1 aromatic rings. The van der Waals surface area contributed by atoms with E-state index < -0.39 is 4.92 Å². The number of hydrogen-bond donors (Lipinski definition) is 1. The van der Waals surface area contributed by atoms with Crippen LogP contribution < -0.4 is 5.32 Å². The predicted octanol–water partition coefficient (Wildman–Crippen LogP) is 1.72. The maximum Gasteiger partial charge on any atom is 0.250 e. The van der Waals surface area contributed by atoms with Gasteiger partial charge in [0.2, 0.25) is 6.20 Å². The highest BCUT2D eigenvalue weighted by Crippen LogP contribution is 2.09. The van der Waals surface area contributed by atoms with Crippen molar-refractivity contribution in [2.75, 3.05) is 5.32 Å². The topological polar surface area (TPSA) is 79.0 Å². The van der Waals surface area contributed by atoms with Crippen LogP contribution in [-0.2, 0) is 0 Å². The van der Waals surface area contributed by atoms with Gasteiger partial charge in [-0.05, 0) is 18.2 Å². The van der Waals surface area contributed by atoms with Gasteiger partial charge in [-0.2, -0.15) is 5.26 Å². The van der Waals surface area contributed by atoms with Gasteiger partial charge in [-0.25, -0.2) is 0 Å². The first-order chi connectivity index (χ1) is 6.72. The lowest BCUT2D eigenvalue weighted by Crippen LogP contribution is -1.91. The van der Waals surface area contributed by atoms with Gasteiger partial charge in [0.15, 0.2) is 0 Å². The van der Waals surface area contributed by atoms with Crippen molar-refractivity contribution in [1.29, 1.82) is 5.26 Å². The van der Waals surface area contributed by atoms with Crippen LogP contribution in [0.3, 0.4) is 0 Å². The molecule has 1 aromatic carbocycles. The van der Waals surface area contributed by atoms with Crippen molar-refractivity contribution in [3.05, 3.63) is 52.3 Å². The van der Waals surface area contributed by atoms with Crippen LogP contribution in [0.15, 0.2) is 36.7 Å². The number of nitrogens with one attached hydrogen (secondary N) is 1. The Morgan fingerprint density at radius 1 is 1.57 bits per heavy atom. The van der Waals surface area contributed by atoms with Crippen molar-refractivity contribution < 1.29 is 4.92 Å². The first-order valence-electron chi connectivity index (χ1n) is 3.79. The van der Waals surface area contributed by atoms with Crippen LogP contribution in [0.25, 0.3) is 0 Å². The van der Waals surface area contributed by atoms with Crippen LogP contribution in [-0.4, -0.2) is 4.92 Å².